The van der Waals surface area contributed by atoms with E-state index in [0.717, 1.165) is 11.6 Å². The number of hydrogen-bond donors (Lipinski definition) is 3. The Morgan fingerprint density at radius 1 is 0.784 bits per heavy atom. The first-order valence-electron chi connectivity index (χ1n) is 11.4. The zero-order valence-corrected chi connectivity index (χ0v) is 19.4. The molecule has 1 aromatic heterocycles. The van der Waals surface area contributed by atoms with E-state index in [1.165, 1.54) is 17.0 Å². The summed E-state index contributed by atoms with van der Waals surface area (Å²) in [6.45, 7) is 0.235. The van der Waals surface area contributed by atoms with Crippen LogP contribution in [0.3, 0.4) is 0 Å². The van der Waals surface area contributed by atoms with Crippen molar-refractivity contribution in [1.29, 1.82) is 0 Å². The summed E-state index contributed by atoms with van der Waals surface area (Å²) < 4.78 is 0. The van der Waals surface area contributed by atoms with Gasteiger partial charge in [-0.1, -0.05) is 60.7 Å². The molecule has 5 rings (SSSR count). The van der Waals surface area contributed by atoms with E-state index in [0.29, 0.717) is 27.8 Å². The second-order valence-corrected chi connectivity index (χ2v) is 8.34. The van der Waals surface area contributed by atoms with Gasteiger partial charge in [0.1, 0.15) is 11.5 Å². The van der Waals surface area contributed by atoms with Crippen LogP contribution in [-0.4, -0.2) is 37.2 Å². The van der Waals surface area contributed by atoms with Crippen LogP contribution in [0.5, 0.6) is 11.5 Å². The van der Waals surface area contributed by atoms with Crippen molar-refractivity contribution < 1.29 is 24.9 Å². The summed E-state index contributed by atoms with van der Waals surface area (Å²) in [5.41, 5.74) is 3.12. The average Bonchev–Trinajstić information content (AvgIpc) is 2.91. The number of rotatable bonds is 6. The van der Waals surface area contributed by atoms with Crippen LogP contribution in [-0.2, 0) is 6.54 Å². The normalized spacial score (nSPS) is 10.8. The average molecular weight is 492 g/mol. The molecule has 0 radical (unpaired) electrons. The Kier molecular flexibility index (Phi) is 6.22. The third kappa shape index (κ3) is 4.81. The van der Waals surface area contributed by atoms with Gasteiger partial charge in [0.2, 0.25) is 5.82 Å². The lowest BCUT2D eigenvalue weighted by atomic mass is 10.0. The van der Waals surface area contributed by atoms with E-state index in [4.69, 9.17) is 0 Å². The van der Waals surface area contributed by atoms with E-state index < -0.39 is 11.9 Å². The van der Waals surface area contributed by atoms with E-state index in [-0.39, 0.29) is 29.4 Å². The maximum atomic E-state index is 13.5. The van der Waals surface area contributed by atoms with Gasteiger partial charge in [-0.3, -0.25) is 4.79 Å². The number of para-hydroxylation sites is 1. The molecule has 182 valence electrons. The summed E-state index contributed by atoms with van der Waals surface area (Å²) in [4.78, 5) is 35.0. The lowest BCUT2D eigenvalue weighted by molar-refractivity contribution is 0.0684. The van der Waals surface area contributed by atoms with E-state index in [1.807, 2.05) is 42.5 Å². The van der Waals surface area contributed by atoms with E-state index in [9.17, 15) is 24.9 Å². The van der Waals surface area contributed by atoms with E-state index in [1.54, 1.807) is 36.4 Å². The van der Waals surface area contributed by atoms with Crippen molar-refractivity contribution >= 4 is 28.5 Å². The van der Waals surface area contributed by atoms with Crippen molar-refractivity contribution in [2.24, 2.45) is 0 Å². The molecule has 37 heavy (non-hydrogen) atoms. The summed E-state index contributed by atoms with van der Waals surface area (Å²) in [7, 11) is 0. The van der Waals surface area contributed by atoms with Gasteiger partial charge in [-0.05, 0) is 35.9 Å². The minimum absolute atomic E-state index is 0.0469. The largest absolute Gasteiger partial charge is 0.508 e. The van der Waals surface area contributed by atoms with Gasteiger partial charge in [0.05, 0.1) is 23.3 Å². The van der Waals surface area contributed by atoms with Crippen molar-refractivity contribution in [2.75, 3.05) is 4.90 Å². The molecule has 0 aliphatic rings. The summed E-state index contributed by atoms with van der Waals surface area (Å²) in [6, 6.07) is 27.4. The topological polar surface area (TPSA) is 124 Å². The highest BCUT2D eigenvalue weighted by molar-refractivity contribution is 6.08. The molecule has 0 aliphatic heterocycles. The minimum Gasteiger partial charge on any atom is -0.508 e. The lowest BCUT2D eigenvalue weighted by Crippen LogP contribution is -2.30. The maximum absolute atomic E-state index is 13.5. The highest BCUT2D eigenvalue weighted by Crippen LogP contribution is 2.31. The minimum atomic E-state index is -1.23. The highest BCUT2D eigenvalue weighted by Gasteiger charge is 2.22. The fourth-order valence-corrected chi connectivity index (χ4v) is 4.08. The number of aromatic carboxylic acids is 1. The van der Waals surface area contributed by atoms with Gasteiger partial charge in [-0.25, -0.2) is 14.8 Å². The Balaban J connectivity index is 1.57. The number of aromatic nitrogens is 2. The third-order valence-electron chi connectivity index (χ3n) is 5.89. The number of amides is 1. The predicted octanol–water partition coefficient (Wildman–Crippen LogP) is 5.25. The van der Waals surface area contributed by atoms with Gasteiger partial charge in [0, 0.05) is 22.7 Å². The van der Waals surface area contributed by atoms with E-state index >= 15 is 0 Å². The molecule has 0 aliphatic carbocycles. The number of carbonyl (C=O) groups is 2. The fraction of sp³-hybridized carbons (Fsp3) is 0.0345. The number of carboxylic acids is 1. The smallest absolute Gasteiger partial charge is 0.373 e. The molecule has 0 fully saturated rings. The van der Waals surface area contributed by atoms with Gasteiger partial charge in [0.25, 0.3) is 5.91 Å². The molecule has 5 aromatic rings. The van der Waals surface area contributed by atoms with Crippen molar-refractivity contribution in [2.45, 2.75) is 6.54 Å². The summed E-state index contributed by atoms with van der Waals surface area (Å²) in [5, 5.41) is 30.1. The Hall–Kier alpha value is -5.24. The number of nitrogens with zero attached hydrogens (tertiary/aromatic N) is 3. The van der Waals surface area contributed by atoms with Crippen LogP contribution >= 0.6 is 0 Å². The highest BCUT2D eigenvalue weighted by atomic mass is 16.4. The molecule has 1 amide bonds. The Morgan fingerprint density at radius 3 is 2.19 bits per heavy atom. The number of carboxylic acid groups (broad SMARTS) is 1. The number of hydrogen-bond acceptors (Lipinski definition) is 6. The van der Waals surface area contributed by atoms with Crippen LogP contribution in [0.2, 0.25) is 0 Å². The molecule has 0 saturated heterocycles. The van der Waals surface area contributed by atoms with Crippen molar-refractivity contribution in [3.63, 3.8) is 0 Å². The van der Waals surface area contributed by atoms with Crippen LogP contribution in [0.4, 0.5) is 5.69 Å². The van der Waals surface area contributed by atoms with Crippen LogP contribution in [0.1, 0.15) is 26.5 Å². The first-order chi connectivity index (χ1) is 17.9. The van der Waals surface area contributed by atoms with Crippen molar-refractivity contribution in [1.82, 2.24) is 9.97 Å². The van der Waals surface area contributed by atoms with Gasteiger partial charge in [0.15, 0.2) is 0 Å². The van der Waals surface area contributed by atoms with Gasteiger partial charge < -0.3 is 20.2 Å². The lowest BCUT2D eigenvalue weighted by Gasteiger charge is -2.24. The zero-order valence-electron chi connectivity index (χ0n) is 19.4. The standard InChI is InChI=1S/C29H21N3O5/c33-21-14-15-23(25(34)16-21)28(35)32(17-18-6-2-1-3-7-18)20-12-10-19(11-13-20)26-22-8-4-5-9-24(22)30-27(31-26)29(36)37/h1-16,33-34H,17H2,(H,36,37). The molecule has 8 nitrogen and oxygen atoms in total. The molecule has 0 bridgehead atoms. The number of aromatic hydroxyl groups is 2. The quantitative estimate of drug-likeness (QED) is 0.296. The summed E-state index contributed by atoms with van der Waals surface area (Å²) in [6.07, 6.45) is 0. The SMILES string of the molecule is O=C(O)c1nc(-c2ccc(N(Cc3ccccc3)C(=O)c3ccc(O)cc3O)cc2)c2ccccc2n1. The molecule has 0 saturated carbocycles. The first-order valence-corrected chi connectivity index (χ1v) is 11.4. The van der Waals surface area contributed by atoms with Crippen molar-refractivity contribution in [3.05, 3.63) is 114 Å². The molecular weight excluding hydrogens is 470 g/mol. The van der Waals surface area contributed by atoms with Crippen LogP contribution in [0.15, 0.2) is 97.1 Å². The predicted molar refractivity (Wildman–Crippen MR) is 139 cm³/mol. The zero-order chi connectivity index (χ0) is 25.9. The molecule has 8 heteroatoms. The summed E-state index contributed by atoms with van der Waals surface area (Å²) in [5.74, 6) is -2.45. The molecule has 4 aromatic carbocycles. The van der Waals surface area contributed by atoms with Crippen LogP contribution in [0.25, 0.3) is 22.2 Å². The molecule has 0 unspecified atom stereocenters. The first kappa shape index (κ1) is 23.5. The second kappa shape index (κ2) is 9.79. The maximum Gasteiger partial charge on any atom is 0.373 e. The summed E-state index contributed by atoms with van der Waals surface area (Å²) >= 11 is 0. The number of phenols is 2. The fourth-order valence-electron chi connectivity index (χ4n) is 4.08. The van der Waals surface area contributed by atoms with Gasteiger partial charge >= 0.3 is 5.97 Å². The second-order valence-electron chi connectivity index (χ2n) is 8.34. The molecule has 0 spiro atoms. The van der Waals surface area contributed by atoms with Gasteiger partial charge in [-0.2, -0.15) is 0 Å². The molecule has 1 heterocycles. The number of phenolic OH excluding ortho intramolecular Hbond substituents is 2. The van der Waals surface area contributed by atoms with Crippen LogP contribution in [0, 0.1) is 0 Å². The van der Waals surface area contributed by atoms with Crippen LogP contribution < -0.4 is 4.90 Å². The number of anilines is 1. The Bertz CT molecular complexity index is 1620. The Labute approximate surface area is 211 Å². The number of fused-ring (bicyclic) bond motifs is 1. The number of carbonyl (C=O) groups excluding carboxylic acids is 1. The molecule has 3 N–H and O–H groups in total. The van der Waals surface area contributed by atoms with Gasteiger partial charge in [-0.15, -0.1) is 0 Å². The number of benzene rings is 4. The monoisotopic (exact) mass is 491 g/mol. The molecule has 0 atom stereocenters. The molecular formula is C29H21N3O5. The third-order valence-corrected chi connectivity index (χ3v) is 5.89. The Morgan fingerprint density at radius 2 is 1.49 bits per heavy atom. The van der Waals surface area contributed by atoms with Crippen molar-refractivity contribution in [3.8, 4) is 22.8 Å². The van der Waals surface area contributed by atoms with E-state index in [2.05, 4.69) is 9.97 Å².